The molecule has 2 atom stereocenters. The summed E-state index contributed by atoms with van der Waals surface area (Å²) in [5.74, 6) is -1.68. The van der Waals surface area contributed by atoms with Crippen molar-refractivity contribution >= 4 is 22.1 Å². The van der Waals surface area contributed by atoms with Gasteiger partial charge in [-0.15, -0.1) is 4.31 Å². The molecule has 0 saturated heterocycles. The predicted molar refractivity (Wildman–Crippen MR) is 92.3 cm³/mol. The molecule has 0 radical (unpaired) electrons. The van der Waals surface area contributed by atoms with Crippen LogP contribution in [-0.4, -0.2) is 32.7 Å². The zero-order valence-corrected chi connectivity index (χ0v) is 15.5. The number of halogens is 2. The van der Waals surface area contributed by atoms with E-state index in [9.17, 15) is 13.3 Å². The van der Waals surface area contributed by atoms with Crippen molar-refractivity contribution in [2.45, 2.75) is 38.5 Å². The third-order valence-electron chi connectivity index (χ3n) is 3.90. The fourth-order valence-corrected chi connectivity index (χ4v) is 3.76. The highest BCUT2D eigenvalue weighted by atomic mass is 32.2. The molecule has 1 heterocycles. The van der Waals surface area contributed by atoms with Gasteiger partial charge in [0.05, 0.1) is 13.2 Å². The molecule has 0 unspecified atom stereocenters. The van der Waals surface area contributed by atoms with Gasteiger partial charge in [-0.2, -0.15) is 0 Å². The minimum absolute atomic E-state index is 0.222. The molecule has 0 fully saturated rings. The van der Waals surface area contributed by atoms with Crippen LogP contribution in [-0.2, 0) is 11.4 Å². The van der Waals surface area contributed by atoms with Crippen molar-refractivity contribution in [1.82, 2.24) is 9.29 Å². The summed E-state index contributed by atoms with van der Waals surface area (Å²) in [4.78, 5) is 4.18. The molecule has 0 aliphatic rings. The maximum atomic E-state index is 13.8. The van der Waals surface area contributed by atoms with Crippen molar-refractivity contribution in [2.24, 2.45) is 0 Å². The van der Waals surface area contributed by atoms with Gasteiger partial charge in [-0.3, -0.25) is 0 Å². The van der Waals surface area contributed by atoms with Crippen molar-refractivity contribution in [2.75, 3.05) is 14.2 Å². The van der Waals surface area contributed by atoms with E-state index in [-0.39, 0.29) is 11.9 Å². The summed E-state index contributed by atoms with van der Waals surface area (Å²) in [5.41, 5.74) is 0.657. The SMILES string of the molecule is COc1ncc([C@@H](C)N(C)[S@@+]([O-])C(C)(C)C)c2cc(F)c(F)cc12. The molecule has 7 heteroatoms. The van der Waals surface area contributed by atoms with E-state index in [0.29, 0.717) is 16.3 Å². The highest BCUT2D eigenvalue weighted by Crippen LogP contribution is 2.35. The molecule has 2 aromatic rings. The van der Waals surface area contributed by atoms with E-state index in [1.54, 1.807) is 17.5 Å². The molecular formula is C17H22F2N2O2S. The van der Waals surface area contributed by atoms with Crippen molar-refractivity contribution in [3.05, 3.63) is 35.5 Å². The van der Waals surface area contributed by atoms with Gasteiger partial charge in [-0.25, -0.2) is 13.8 Å². The molecule has 0 aliphatic heterocycles. The first-order valence-electron chi connectivity index (χ1n) is 7.54. The lowest BCUT2D eigenvalue weighted by molar-refractivity contribution is 0.381. The second-order valence-corrected chi connectivity index (χ2v) is 8.92. The van der Waals surface area contributed by atoms with Crippen molar-refractivity contribution < 1.29 is 18.1 Å². The number of nitrogens with zero attached hydrogens (tertiary/aromatic N) is 2. The Morgan fingerprint density at radius 2 is 1.75 bits per heavy atom. The summed E-state index contributed by atoms with van der Waals surface area (Å²) in [5, 5.41) is 0.877. The summed E-state index contributed by atoms with van der Waals surface area (Å²) in [6.45, 7) is 7.50. The molecule has 0 spiro atoms. The molecule has 0 amide bonds. The predicted octanol–water partition coefficient (Wildman–Crippen LogP) is 3.98. The minimum Gasteiger partial charge on any atom is -0.597 e. The van der Waals surface area contributed by atoms with Gasteiger partial charge in [0.15, 0.2) is 11.6 Å². The second kappa shape index (κ2) is 6.82. The van der Waals surface area contributed by atoms with Gasteiger partial charge < -0.3 is 9.29 Å². The Morgan fingerprint density at radius 3 is 2.25 bits per heavy atom. The first-order valence-corrected chi connectivity index (χ1v) is 8.65. The molecule has 0 N–H and O–H groups in total. The van der Waals surface area contributed by atoms with Crippen LogP contribution in [0, 0.1) is 11.6 Å². The summed E-state index contributed by atoms with van der Waals surface area (Å²) >= 11 is -1.27. The van der Waals surface area contributed by atoms with Gasteiger partial charge >= 0.3 is 0 Å². The summed E-state index contributed by atoms with van der Waals surface area (Å²) < 4.78 is 46.4. The van der Waals surface area contributed by atoms with Crippen LogP contribution in [0.1, 0.15) is 39.3 Å². The van der Waals surface area contributed by atoms with Crippen molar-refractivity contribution in [3.63, 3.8) is 0 Å². The van der Waals surface area contributed by atoms with Crippen molar-refractivity contribution in [3.8, 4) is 5.88 Å². The number of ether oxygens (including phenoxy) is 1. The van der Waals surface area contributed by atoms with Gasteiger partial charge in [-0.05, 0) is 45.2 Å². The third-order valence-corrected chi connectivity index (χ3v) is 5.78. The van der Waals surface area contributed by atoms with Gasteiger partial charge in [0.25, 0.3) is 0 Å². The van der Waals surface area contributed by atoms with E-state index < -0.39 is 27.7 Å². The van der Waals surface area contributed by atoms with E-state index in [0.717, 1.165) is 12.1 Å². The Hall–Kier alpha value is -1.44. The molecular weight excluding hydrogens is 334 g/mol. The van der Waals surface area contributed by atoms with Crippen LogP contribution in [0.3, 0.4) is 0 Å². The molecule has 0 aliphatic carbocycles. The Labute approximate surface area is 144 Å². The lowest BCUT2D eigenvalue weighted by Gasteiger charge is -2.34. The highest BCUT2D eigenvalue weighted by molar-refractivity contribution is 7.90. The van der Waals surface area contributed by atoms with E-state index in [4.69, 9.17) is 4.74 Å². The van der Waals surface area contributed by atoms with E-state index >= 15 is 0 Å². The Morgan fingerprint density at radius 1 is 1.21 bits per heavy atom. The van der Waals surface area contributed by atoms with Gasteiger partial charge in [0.2, 0.25) is 5.88 Å². The lowest BCUT2D eigenvalue weighted by atomic mass is 10.0. The maximum absolute atomic E-state index is 13.8. The van der Waals surface area contributed by atoms with Crippen LogP contribution >= 0.6 is 0 Å². The number of fused-ring (bicyclic) bond motifs is 1. The number of hydrogen-bond acceptors (Lipinski definition) is 4. The van der Waals surface area contributed by atoms with Gasteiger partial charge in [0.1, 0.15) is 4.75 Å². The van der Waals surface area contributed by atoms with E-state index in [1.807, 2.05) is 27.7 Å². The third kappa shape index (κ3) is 3.48. The highest BCUT2D eigenvalue weighted by Gasteiger charge is 2.34. The molecule has 1 aromatic heterocycles. The van der Waals surface area contributed by atoms with Crippen LogP contribution in [0.4, 0.5) is 8.78 Å². The first kappa shape index (κ1) is 18.9. The van der Waals surface area contributed by atoms with Crippen LogP contribution < -0.4 is 4.74 Å². The first-order chi connectivity index (χ1) is 11.1. The summed E-state index contributed by atoms with van der Waals surface area (Å²) in [7, 11) is 3.16. The number of pyridine rings is 1. The Kier molecular flexibility index (Phi) is 5.37. The normalized spacial score (nSPS) is 14.9. The zero-order valence-electron chi connectivity index (χ0n) is 14.7. The van der Waals surface area contributed by atoms with Crippen LogP contribution in [0.15, 0.2) is 18.3 Å². The fourth-order valence-electron chi connectivity index (χ4n) is 2.50. The van der Waals surface area contributed by atoms with Crippen LogP contribution in [0.5, 0.6) is 5.88 Å². The van der Waals surface area contributed by atoms with E-state index in [2.05, 4.69) is 4.98 Å². The molecule has 2 rings (SSSR count). The Bertz CT molecular complexity index is 749. The molecule has 0 saturated carbocycles. The smallest absolute Gasteiger partial charge is 0.221 e. The number of rotatable bonds is 4. The minimum atomic E-state index is -1.27. The topological polar surface area (TPSA) is 48.4 Å². The molecule has 132 valence electrons. The molecule has 1 aromatic carbocycles. The largest absolute Gasteiger partial charge is 0.597 e. The standard InChI is InChI=1S/C17H22F2N2O2S/c1-10(21(5)24(22)17(2,3)4)13-9-20-16(23-6)12-8-15(19)14(18)7-11(12)13/h7-10H,1-6H3/t10-,24+/m1/s1. The van der Waals surface area contributed by atoms with Crippen molar-refractivity contribution in [1.29, 1.82) is 0 Å². The zero-order chi connectivity index (χ0) is 18.2. The van der Waals surface area contributed by atoms with Crippen LogP contribution in [0.25, 0.3) is 10.8 Å². The lowest BCUT2D eigenvalue weighted by Crippen LogP contribution is -2.41. The van der Waals surface area contributed by atoms with E-state index in [1.165, 1.54) is 7.11 Å². The number of benzene rings is 1. The summed E-state index contributed by atoms with van der Waals surface area (Å²) in [6, 6.07) is 1.90. The molecule has 4 nitrogen and oxygen atoms in total. The van der Waals surface area contributed by atoms with Gasteiger partial charge in [0, 0.05) is 35.6 Å². The van der Waals surface area contributed by atoms with Gasteiger partial charge in [-0.1, -0.05) is 0 Å². The summed E-state index contributed by atoms with van der Waals surface area (Å²) in [6.07, 6.45) is 1.56. The number of hydrogen-bond donors (Lipinski definition) is 0. The number of aromatic nitrogens is 1. The average Bonchev–Trinajstić information content (AvgIpc) is 2.52. The quantitative estimate of drug-likeness (QED) is 0.778. The Balaban J connectivity index is 2.58. The second-order valence-electron chi connectivity index (χ2n) is 6.62. The molecule has 0 bridgehead atoms. The maximum Gasteiger partial charge on any atom is 0.221 e. The number of methoxy groups -OCH3 is 1. The monoisotopic (exact) mass is 356 g/mol. The van der Waals surface area contributed by atoms with Crippen LogP contribution in [0.2, 0.25) is 0 Å². The average molecular weight is 356 g/mol. The fraction of sp³-hybridized carbons (Fsp3) is 0.471. The molecule has 24 heavy (non-hydrogen) atoms.